The second-order valence-electron chi connectivity index (χ2n) is 4.86. The van der Waals surface area contributed by atoms with Crippen molar-refractivity contribution in [2.75, 3.05) is 0 Å². The van der Waals surface area contributed by atoms with Gasteiger partial charge in [0.05, 0.1) is 17.4 Å². The molecule has 2 aromatic rings. The van der Waals surface area contributed by atoms with Crippen molar-refractivity contribution in [3.63, 3.8) is 0 Å². The molecule has 0 bridgehead atoms. The first kappa shape index (κ1) is 15.2. The zero-order valence-corrected chi connectivity index (χ0v) is 12.3. The topological polar surface area (TPSA) is 109 Å². The molecule has 21 heavy (non-hydrogen) atoms. The summed E-state index contributed by atoms with van der Waals surface area (Å²) < 4.78 is 1.26. The summed E-state index contributed by atoms with van der Waals surface area (Å²) in [6, 6.07) is 0. The molecule has 8 heteroatoms. The summed E-state index contributed by atoms with van der Waals surface area (Å²) in [5, 5.41) is 19.3. The van der Waals surface area contributed by atoms with E-state index < -0.39 is 17.5 Å². The van der Waals surface area contributed by atoms with Crippen LogP contribution in [0, 0.1) is 0 Å². The van der Waals surface area contributed by atoms with Crippen LogP contribution in [-0.4, -0.2) is 31.7 Å². The molecular formula is C13H14N2O5S. The highest BCUT2D eigenvalue weighted by Gasteiger charge is 2.20. The molecule has 0 aromatic carbocycles. The number of carboxylic acid groups (broad SMARTS) is 2. The van der Waals surface area contributed by atoms with Crippen molar-refractivity contribution in [3.05, 3.63) is 27.1 Å². The summed E-state index contributed by atoms with van der Waals surface area (Å²) in [6.07, 6.45) is -0.223. The summed E-state index contributed by atoms with van der Waals surface area (Å²) in [5.74, 6) is -1.83. The average Bonchev–Trinajstić information content (AvgIpc) is 2.81. The number of hydrogen-bond donors (Lipinski definition) is 2. The van der Waals surface area contributed by atoms with Crippen molar-refractivity contribution >= 4 is 33.5 Å². The number of carboxylic acids is 2. The molecule has 0 amide bonds. The van der Waals surface area contributed by atoms with E-state index in [-0.39, 0.29) is 29.8 Å². The first-order valence-corrected chi connectivity index (χ1v) is 7.18. The van der Waals surface area contributed by atoms with Crippen LogP contribution >= 0.6 is 11.3 Å². The van der Waals surface area contributed by atoms with Gasteiger partial charge in [0, 0.05) is 17.8 Å². The third-order valence-corrected chi connectivity index (χ3v) is 3.89. The molecule has 2 N–H and O–H groups in total. The van der Waals surface area contributed by atoms with Crippen molar-refractivity contribution in [3.8, 4) is 0 Å². The highest BCUT2D eigenvalue weighted by atomic mass is 32.1. The fourth-order valence-electron chi connectivity index (χ4n) is 2.06. The van der Waals surface area contributed by atoms with Gasteiger partial charge in [-0.15, -0.1) is 11.3 Å². The van der Waals surface area contributed by atoms with Gasteiger partial charge in [-0.05, 0) is 0 Å². The van der Waals surface area contributed by atoms with E-state index >= 15 is 0 Å². The van der Waals surface area contributed by atoms with Crippen molar-refractivity contribution in [2.45, 2.75) is 32.7 Å². The number of aromatic carboxylic acids is 1. The van der Waals surface area contributed by atoms with Gasteiger partial charge in [-0.25, -0.2) is 9.78 Å². The van der Waals surface area contributed by atoms with Crippen molar-refractivity contribution in [1.29, 1.82) is 0 Å². The zero-order valence-electron chi connectivity index (χ0n) is 11.5. The lowest BCUT2D eigenvalue weighted by molar-refractivity contribution is -0.137. The fraction of sp³-hybridized carbons (Fsp3) is 0.385. The molecule has 0 aliphatic rings. The van der Waals surface area contributed by atoms with Crippen molar-refractivity contribution in [1.82, 2.24) is 9.55 Å². The number of fused-ring (bicyclic) bond motifs is 1. The van der Waals surface area contributed by atoms with E-state index in [1.54, 1.807) is 0 Å². The van der Waals surface area contributed by atoms with E-state index in [1.165, 1.54) is 9.95 Å². The maximum Gasteiger partial charge on any atom is 0.337 e. The lowest BCUT2D eigenvalue weighted by Gasteiger charge is -2.14. The van der Waals surface area contributed by atoms with E-state index in [2.05, 4.69) is 4.98 Å². The number of nitrogens with zero attached hydrogens (tertiary/aromatic N) is 2. The van der Waals surface area contributed by atoms with Crippen molar-refractivity contribution < 1.29 is 19.8 Å². The number of hydrogen-bond acceptors (Lipinski definition) is 5. The van der Waals surface area contributed by atoms with Crippen LogP contribution in [0.2, 0.25) is 0 Å². The summed E-state index contributed by atoms with van der Waals surface area (Å²) >= 11 is 1.10. The number of aliphatic carboxylic acids is 1. The van der Waals surface area contributed by atoms with Crippen LogP contribution in [-0.2, 0) is 11.3 Å². The second kappa shape index (κ2) is 5.65. The molecule has 0 saturated carbocycles. The van der Waals surface area contributed by atoms with Crippen molar-refractivity contribution in [2.24, 2.45) is 0 Å². The minimum atomic E-state index is -1.19. The van der Waals surface area contributed by atoms with E-state index in [0.717, 1.165) is 11.3 Å². The maximum absolute atomic E-state index is 12.5. The minimum Gasteiger partial charge on any atom is -0.481 e. The van der Waals surface area contributed by atoms with Crippen LogP contribution < -0.4 is 5.56 Å². The Labute approximate surface area is 123 Å². The smallest absolute Gasteiger partial charge is 0.337 e. The monoisotopic (exact) mass is 310 g/mol. The summed E-state index contributed by atoms with van der Waals surface area (Å²) in [7, 11) is 0. The molecule has 0 atom stereocenters. The predicted octanol–water partition coefficient (Wildman–Crippen LogP) is 1.75. The average molecular weight is 310 g/mol. The Morgan fingerprint density at radius 3 is 2.57 bits per heavy atom. The van der Waals surface area contributed by atoms with Gasteiger partial charge < -0.3 is 10.2 Å². The maximum atomic E-state index is 12.5. The lowest BCUT2D eigenvalue weighted by Crippen LogP contribution is -2.27. The minimum absolute atomic E-state index is 0.0282. The van der Waals surface area contributed by atoms with Gasteiger partial charge in [0.25, 0.3) is 5.56 Å². The number of thiophene rings is 1. The van der Waals surface area contributed by atoms with Gasteiger partial charge in [-0.1, -0.05) is 13.8 Å². The first-order chi connectivity index (χ1) is 9.82. The van der Waals surface area contributed by atoms with E-state index in [4.69, 9.17) is 10.2 Å². The second-order valence-corrected chi connectivity index (χ2v) is 5.72. The molecule has 2 heterocycles. The molecule has 0 aliphatic heterocycles. The van der Waals surface area contributed by atoms with E-state index in [1.807, 2.05) is 13.8 Å². The molecule has 0 aliphatic carbocycles. The number of rotatable bonds is 5. The molecule has 0 radical (unpaired) electrons. The first-order valence-electron chi connectivity index (χ1n) is 6.30. The number of aromatic nitrogens is 2. The number of carbonyl (C=O) groups is 2. The Morgan fingerprint density at radius 2 is 2.05 bits per heavy atom. The Bertz CT molecular complexity index is 775. The summed E-state index contributed by atoms with van der Waals surface area (Å²) in [4.78, 5) is 39.1. The highest BCUT2D eigenvalue weighted by Crippen LogP contribution is 2.23. The third kappa shape index (κ3) is 2.80. The SMILES string of the molecule is CC(C)c1nc2scc(C(=O)O)c2c(=O)n1CCC(=O)O. The summed E-state index contributed by atoms with van der Waals surface area (Å²) in [5.41, 5.74) is -0.588. The van der Waals surface area contributed by atoms with Crippen LogP contribution in [0.5, 0.6) is 0 Å². The molecular weight excluding hydrogens is 296 g/mol. The fourth-order valence-corrected chi connectivity index (χ4v) is 2.97. The molecule has 0 saturated heterocycles. The Hall–Kier alpha value is -2.22. The lowest BCUT2D eigenvalue weighted by atomic mass is 10.1. The molecule has 7 nitrogen and oxygen atoms in total. The van der Waals surface area contributed by atoms with Gasteiger partial charge in [-0.2, -0.15) is 0 Å². The van der Waals surface area contributed by atoms with Gasteiger partial charge in [0.1, 0.15) is 10.7 Å². The molecule has 0 spiro atoms. The van der Waals surface area contributed by atoms with Gasteiger partial charge in [0.2, 0.25) is 0 Å². The van der Waals surface area contributed by atoms with E-state index in [9.17, 15) is 14.4 Å². The van der Waals surface area contributed by atoms with Crippen LogP contribution in [0.3, 0.4) is 0 Å². The predicted molar refractivity (Wildman–Crippen MR) is 77.2 cm³/mol. The van der Waals surface area contributed by atoms with Crippen LogP contribution in [0.1, 0.15) is 42.4 Å². The Kier molecular flexibility index (Phi) is 4.08. The highest BCUT2D eigenvalue weighted by molar-refractivity contribution is 7.17. The molecule has 0 fully saturated rings. The standard InChI is InChI=1S/C13H14N2O5S/c1-6(2)10-14-11-9(7(5-21-11)13(19)20)12(18)15(10)4-3-8(16)17/h5-6H,3-4H2,1-2H3,(H,16,17)(H,19,20). The Balaban J connectivity index is 2.72. The van der Waals surface area contributed by atoms with Crippen LogP contribution in [0.4, 0.5) is 0 Å². The van der Waals surface area contributed by atoms with Crippen LogP contribution in [0.15, 0.2) is 10.2 Å². The zero-order chi connectivity index (χ0) is 15.7. The molecule has 2 rings (SSSR count). The normalized spacial score (nSPS) is 11.2. The Morgan fingerprint density at radius 1 is 1.38 bits per heavy atom. The molecule has 0 unspecified atom stereocenters. The molecule has 112 valence electrons. The van der Waals surface area contributed by atoms with Gasteiger partial charge >= 0.3 is 11.9 Å². The largest absolute Gasteiger partial charge is 0.481 e. The van der Waals surface area contributed by atoms with Crippen LogP contribution in [0.25, 0.3) is 10.2 Å². The molecule has 2 aromatic heterocycles. The summed E-state index contributed by atoms with van der Waals surface area (Å²) in [6.45, 7) is 3.66. The van der Waals surface area contributed by atoms with E-state index in [0.29, 0.717) is 10.7 Å². The van der Waals surface area contributed by atoms with Gasteiger partial charge in [-0.3, -0.25) is 14.2 Å². The quantitative estimate of drug-likeness (QED) is 0.870. The van der Waals surface area contributed by atoms with Gasteiger partial charge in [0.15, 0.2) is 0 Å². The third-order valence-electron chi connectivity index (χ3n) is 3.02.